The van der Waals surface area contributed by atoms with Gasteiger partial charge in [-0.25, -0.2) is 4.79 Å². The van der Waals surface area contributed by atoms with Crippen LogP contribution in [0.15, 0.2) is 36.7 Å². The average molecular weight is 245 g/mol. The maximum absolute atomic E-state index is 11.7. The highest BCUT2D eigenvalue weighted by molar-refractivity contribution is 6.04. The third-order valence-electron chi connectivity index (χ3n) is 2.15. The van der Waals surface area contributed by atoms with E-state index in [0.717, 1.165) is 0 Å². The van der Waals surface area contributed by atoms with Crippen LogP contribution in [-0.4, -0.2) is 22.1 Å². The smallest absolute Gasteiger partial charge is 0.316 e. The third kappa shape index (κ3) is 2.85. The maximum atomic E-state index is 11.7. The van der Waals surface area contributed by atoms with Gasteiger partial charge in [0, 0.05) is 17.6 Å². The Hall–Kier alpha value is -2.83. The van der Waals surface area contributed by atoms with Gasteiger partial charge < -0.3 is 16.4 Å². The maximum Gasteiger partial charge on any atom is 0.316 e. The summed E-state index contributed by atoms with van der Waals surface area (Å²) < 4.78 is 0. The zero-order chi connectivity index (χ0) is 13.0. The second-order valence-corrected chi connectivity index (χ2v) is 3.51. The Kier molecular flexibility index (Phi) is 3.24. The molecule has 0 saturated carbocycles. The number of carbonyl (C=O) groups excluding carboxylic acids is 2. The molecule has 0 atom stereocenters. The van der Waals surface area contributed by atoms with Crippen molar-refractivity contribution in [1.29, 1.82) is 0 Å². The van der Waals surface area contributed by atoms with Gasteiger partial charge in [-0.15, -0.1) is 0 Å². The molecular formula is C11H11N5O2. The molecule has 0 radical (unpaired) electrons. The number of benzene rings is 1. The van der Waals surface area contributed by atoms with Crippen LogP contribution in [0.5, 0.6) is 0 Å². The van der Waals surface area contributed by atoms with Crippen LogP contribution in [0.4, 0.5) is 16.2 Å². The molecule has 1 aromatic carbocycles. The normalized spacial score (nSPS) is 9.78. The Labute approximate surface area is 102 Å². The van der Waals surface area contributed by atoms with Crippen LogP contribution in [-0.2, 0) is 0 Å². The summed E-state index contributed by atoms with van der Waals surface area (Å²) in [5.41, 5.74) is 6.48. The Morgan fingerprint density at radius 3 is 2.56 bits per heavy atom. The number of hydrogen-bond acceptors (Lipinski definition) is 3. The van der Waals surface area contributed by atoms with Crippen LogP contribution in [0, 0.1) is 0 Å². The molecule has 0 bridgehead atoms. The SMILES string of the molecule is NC(=O)Nc1cccc(NC(=O)c2cn[nH]c2)c1. The Bertz CT molecular complexity index is 565. The van der Waals surface area contributed by atoms with Crippen LogP contribution in [0.2, 0.25) is 0 Å². The van der Waals surface area contributed by atoms with E-state index in [9.17, 15) is 9.59 Å². The summed E-state index contributed by atoms with van der Waals surface area (Å²) in [5, 5.41) is 11.3. The average Bonchev–Trinajstić information content (AvgIpc) is 2.81. The van der Waals surface area contributed by atoms with Crippen molar-refractivity contribution >= 4 is 23.3 Å². The topological polar surface area (TPSA) is 113 Å². The molecule has 0 aliphatic heterocycles. The number of aromatic nitrogens is 2. The van der Waals surface area contributed by atoms with Crippen molar-refractivity contribution in [3.8, 4) is 0 Å². The third-order valence-corrected chi connectivity index (χ3v) is 2.15. The molecule has 7 nitrogen and oxygen atoms in total. The van der Waals surface area contributed by atoms with Crippen molar-refractivity contribution in [3.63, 3.8) is 0 Å². The lowest BCUT2D eigenvalue weighted by molar-refractivity contribution is 0.102. The first-order valence-corrected chi connectivity index (χ1v) is 5.12. The van der Waals surface area contributed by atoms with Gasteiger partial charge in [-0.2, -0.15) is 5.10 Å². The van der Waals surface area contributed by atoms with Gasteiger partial charge in [0.15, 0.2) is 0 Å². The molecule has 2 rings (SSSR count). The number of primary amides is 1. The van der Waals surface area contributed by atoms with Gasteiger partial charge in [0.1, 0.15) is 0 Å². The van der Waals surface area contributed by atoms with Crippen molar-refractivity contribution in [3.05, 3.63) is 42.2 Å². The summed E-state index contributed by atoms with van der Waals surface area (Å²) in [6, 6.07) is 6.00. The minimum absolute atomic E-state index is 0.292. The van der Waals surface area contributed by atoms with Crippen molar-refractivity contribution in [2.24, 2.45) is 5.73 Å². The van der Waals surface area contributed by atoms with Gasteiger partial charge in [-0.05, 0) is 18.2 Å². The zero-order valence-corrected chi connectivity index (χ0v) is 9.31. The summed E-state index contributed by atoms with van der Waals surface area (Å²) in [4.78, 5) is 22.4. The van der Waals surface area contributed by atoms with Gasteiger partial charge in [0.25, 0.3) is 5.91 Å². The molecule has 0 aliphatic rings. The number of nitrogens with two attached hydrogens (primary N) is 1. The van der Waals surface area contributed by atoms with Gasteiger partial charge in [-0.1, -0.05) is 6.07 Å². The quantitative estimate of drug-likeness (QED) is 0.650. The van der Waals surface area contributed by atoms with E-state index in [2.05, 4.69) is 20.8 Å². The summed E-state index contributed by atoms with van der Waals surface area (Å²) in [6.07, 6.45) is 2.90. The Balaban J connectivity index is 2.10. The number of rotatable bonds is 3. The molecule has 5 N–H and O–H groups in total. The highest BCUT2D eigenvalue weighted by Crippen LogP contribution is 2.15. The van der Waals surface area contributed by atoms with Crippen LogP contribution in [0.1, 0.15) is 10.4 Å². The summed E-state index contributed by atoms with van der Waals surface area (Å²) in [5.74, 6) is -0.292. The van der Waals surface area contributed by atoms with E-state index >= 15 is 0 Å². The monoisotopic (exact) mass is 245 g/mol. The van der Waals surface area contributed by atoms with Crippen LogP contribution in [0.25, 0.3) is 0 Å². The summed E-state index contributed by atoms with van der Waals surface area (Å²) in [7, 11) is 0. The number of urea groups is 1. The minimum atomic E-state index is -0.659. The lowest BCUT2D eigenvalue weighted by Gasteiger charge is -2.06. The van der Waals surface area contributed by atoms with E-state index in [1.54, 1.807) is 24.3 Å². The standard InChI is InChI=1S/C11H11N5O2/c12-11(18)16-9-3-1-2-8(4-9)15-10(17)7-5-13-14-6-7/h1-6H,(H,13,14)(H,15,17)(H3,12,16,18). The van der Waals surface area contributed by atoms with Crippen LogP contribution in [0.3, 0.4) is 0 Å². The number of amides is 3. The molecule has 0 saturated heterocycles. The number of H-pyrrole nitrogens is 1. The van der Waals surface area contributed by atoms with Gasteiger partial charge in [-0.3, -0.25) is 9.89 Å². The fourth-order valence-corrected chi connectivity index (χ4v) is 1.40. The van der Waals surface area contributed by atoms with E-state index < -0.39 is 6.03 Å². The number of carbonyl (C=O) groups is 2. The lowest BCUT2D eigenvalue weighted by Crippen LogP contribution is -2.19. The second-order valence-electron chi connectivity index (χ2n) is 3.51. The van der Waals surface area contributed by atoms with Crippen molar-refractivity contribution in [2.75, 3.05) is 10.6 Å². The van der Waals surface area contributed by atoms with E-state index in [1.165, 1.54) is 12.4 Å². The number of anilines is 2. The first-order chi connectivity index (χ1) is 8.65. The Morgan fingerprint density at radius 2 is 1.94 bits per heavy atom. The number of nitrogens with one attached hydrogen (secondary N) is 3. The number of nitrogens with zero attached hydrogens (tertiary/aromatic N) is 1. The molecule has 0 spiro atoms. The molecular weight excluding hydrogens is 234 g/mol. The second kappa shape index (κ2) is 5.00. The van der Waals surface area contributed by atoms with Crippen molar-refractivity contribution in [2.45, 2.75) is 0 Å². The molecule has 0 fully saturated rings. The molecule has 1 aromatic heterocycles. The number of hydrogen-bond donors (Lipinski definition) is 4. The molecule has 2 aromatic rings. The van der Waals surface area contributed by atoms with Crippen LogP contribution >= 0.6 is 0 Å². The first-order valence-electron chi connectivity index (χ1n) is 5.12. The van der Waals surface area contributed by atoms with E-state index in [0.29, 0.717) is 16.9 Å². The van der Waals surface area contributed by atoms with E-state index in [1.807, 2.05) is 0 Å². The van der Waals surface area contributed by atoms with Crippen LogP contribution < -0.4 is 16.4 Å². The molecule has 0 aliphatic carbocycles. The largest absolute Gasteiger partial charge is 0.351 e. The summed E-state index contributed by atoms with van der Waals surface area (Å²) in [6.45, 7) is 0. The predicted octanol–water partition coefficient (Wildman–Crippen LogP) is 1.15. The fourth-order valence-electron chi connectivity index (χ4n) is 1.40. The molecule has 0 unspecified atom stereocenters. The highest BCUT2D eigenvalue weighted by atomic mass is 16.2. The van der Waals surface area contributed by atoms with Gasteiger partial charge in [0.2, 0.25) is 0 Å². The number of aromatic amines is 1. The highest BCUT2D eigenvalue weighted by Gasteiger charge is 2.07. The summed E-state index contributed by atoms with van der Waals surface area (Å²) >= 11 is 0. The van der Waals surface area contributed by atoms with Gasteiger partial charge >= 0.3 is 6.03 Å². The van der Waals surface area contributed by atoms with Crippen molar-refractivity contribution in [1.82, 2.24) is 10.2 Å². The predicted molar refractivity (Wildman–Crippen MR) is 66.2 cm³/mol. The molecule has 18 heavy (non-hydrogen) atoms. The lowest BCUT2D eigenvalue weighted by atomic mass is 10.2. The molecule has 92 valence electrons. The first kappa shape index (κ1) is 11.6. The van der Waals surface area contributed by atoms with Crippen molar-refractivity contribution < 1.29 is 9.59 Å². The minimum Gasteiger partial charge on any atom is -0.351 e. The molecule has 3 amide bonds. The molecule has 1 heterocycles. The van der Waals surface area contributed by atoms with E-state index in [-0.39, 0.29) is 5.91 Å². The van der Waals surface area contributed by atoms with Gasteiger partial charge in [0.05, 0.1) is 11.8 Å². The van der Waals surface area contributed by atoms with E-state index in [4.69, 9.17) is 5.73 Å². The molecule has 7 heteroatoms. The zero-order valence-electron chi connectivity index (χ0n) is 9.31. The fraction of sp³-hybridized carbons (Fsp3) is 0. The Morgan fingerprint density at radius 1 is 1.22 bits per heavy atom.